The van der Waals surface area contributed by atoms with Crippen molar-refractivity contribution in [2.75, 3.05) is 7.05 Å². The number of hydrogen-bond donors (Lipinski definition) is 2. The van der Waals surface area contributed by atoms with Gasteiger partial charge in [-0.3, -0.25) is 4.79 Å². The highest BCUT2D eigenvalue weighted by atomic mass is 16.4. The molecule has 0 fully saturated rings. The summed E-state index contributed by atoms with van der Waals surface area (Å²) in [5.74, 6) is -1.21. The molecule has 0 aliphatic carbocycles. The van der Waals surface area contributed by atoms with Crippen molar-refractivity contribution in [3.63, 3.8) is 0 Å². The lowest BCUT2D eigenvalue weighted by Gasteiger charge is -2.25. The van der Waals surface area contributed by atoms with E-state index in [-0.39, 0.29) is 18.7 Å². The van der Waals surface area contributed by atoms with Crippen LogP contribution in [0.5, 0.6) is 0 Å². The number of hydrogen-bond acceptors (Lipinski definition) is 2. The molecule has 0 aliphatic heterocycles. The molecule has 0 aliphatic rings. The largest absolute Gasteiger partial charge is 0.480 e. The number of H-pyrrole nitrogens is 1. The number of aliphatic carboxylic acids is 1. The summed E-state index contributed by atoms with van der Waals surface area (Å²) in [5.41, 5.74) is 3.72. The van der Waals surface area contributed by atoms with Crippen molar-refractivity contribution in [3.8, 4) is 0 Å². The van der Waals surface area contributed by atoms with Crippen LogP contribution in [-0.4, -0.2) is 40.0 Å². The number of aromatic nitrogens is 1. The van der Waals surface area contributed by atoms with E-state index in [1.807, 2.05) is 61.5 Å². The first kappa shape index (κ1) is 17.7. The van der Waals surface area contributed by atoms with Crippen molar-refractivity contribution in [2.45, 2.75) is 25.8 Å². The molecule has 0 radical (unpaired) electrons. The van der Waals surface area contributed by atoms with Gasteiger partial charge in [-0.2, -0.15) is 0 Å². The molecular formula is C21H22N2O3. The zero-order valence-electron chi connectivity index (χ0n) is 14.9. The van der Waals surface area contributed by atoms with Gasteiger partial charge in [0, 0.05) is 30.1 Å². The summed E-state index contributed by atoms with van der Waals surface area (Å²) in [6, 6.07) is 16.3. The van der Waals surface area contributed by atoms with Crippen molar-refractivity contribution in [3.05, 3.63) is 71.4 Å². The van der Waals surface area contributed by atoms with Crippen LogP contribution in [0.25, 0.3) is 10.9 Å². The van der Waals surface area contributed by atoms with Crippen LogP contribution in [0.1, 0.15) is 16.8 Å². The van der Waals surface area contributed by atoms with Gasteiger partial charge in [0.05, 0.1) is 6.42 Å². The number of aromatic amines is 1. The van der Waals surface area contributed by atoms with Crippen LogP contribution in [0.3, 0.4) is 0 Å². The highest BCUT2D eigenvalue weighted by Gasteiger charge is 2.27. The van der Waals surface area contributed by atoms with Gasteiger partial charge in [-0.1, -0.05) is 48.5 Å². The maximum Gasteiger partial charge on any atom is 0.326 e. The molecule has 1 heterocycles. The van der Waals surface area contributed by atoms with Gasteiger partial charge in [0.25, 0.3) is 0 Å². The lowest BCUT2D eigenvalue weighted by molar-refractivity contribution is -0.148. The molecule has 0 spiro atoms. The lowest BCUT2D eigenvalue weighted by Crippen LogP contribution is -2.44. The molecule has 3 rings (SSSR count). The van der Waals surface area contributed by atoms with Crippen molar-refractivity contribution in [1.82, 2.24) is 9.88 Å². The number of nitrogens with zero attached hydrogens (tertiary/aromatic N) is 1. The summed E-state index contributed by atoms with van der Waals surface area (Å²) >= 11 is 0. The van der Waals surface area contributed by atoms with Gasteiger partial charge in [-0.15, -0.1) is 0 Å². The van der Waals surface area contributed by atoms with Gasteiger partial charge in [0.15, 0.2) is 0 Å². The standard InChI is InChI=1S/C21H22N2O3/c1-14-17(16-10-6-7-11-18(16)22-14)13-20(24)23(2)19(21(25)26)12-15-8-4-3-5-9-15/h3-11,19,22H,12-13H2,1-2H3,(H,25,26)/t19-/m0/s1. The Morgan fingerprint density at radius 3 is 2.42 bits per heavy atom. The van der Waals surface area contributed by atoms with E-state index in [0.29, 0.717) is 0 Å². The minimum atomic E-state index is -1.000. The maximum absolute atomic E-state index is 12.8. The third-order valence-corrected chi connectivity index (χ3v) is 4.77. The molecule has 0 saturated heterocycles. The monoisotopic (exact) mass is 350 g/mol. The van der Waals surface area contributed by atoms with Crippen LogP contribution < -0.4 is 0 Å². The fraction of sp³-hybridized carbons (Fsp3) is 0.238. The van der Waals surface area contributed by atoms with Crippen LogP contribution in [0.15, 0.2) is 54.6 Å². The molecule has 1 amide bonds. The average Bonchev–Trinajstić information content (AvgIpc) is 2.95. The molecule has 5 nitrogen and oxygen atoms in total. The maximum atomic E-state index is 12.8. The highest BCUT2D eigenvalue weighted by molar-refractivity contribution is 5.91. The molecule has 1 atom stereocenters. The molecule has 0 unspecified atom stereocenters. The summed E-state index contributed by atoms with van der Waals surface area (Å²) < 4.78 is 0. The topological polar surface area (TPSA) is 73.4 Å². The number of rotatable bonds is 6. The van der Waals surface area contributed by atoms with Gasteiger partial charge in [-0.25, -0.2) is 4.79 Å². The van der Waals surface area contributed by atoms with Crippen molar-refractivity contribution in [1.29, 1.82) is 0 Å². The van der Waals surface area contributed by atoms with Crippen LogP contribution in [0.2, 0.25) is 0 Å². The van der Waals surface area contributed by atoms with Gasteiger partial charge in [0.2, 0.25) is 5.91 Å². The van der Waals surface area contributed by atoms with Crippen molar-refractivity contribution >= 4 is 22.8 Å². The van der Waals surface area contributed by atoms with E-state index in [4.69, 9.17) is 0 Å². The second-order valence-corrected chi connectivity index (χ2v) is 6.50. The molecule has 2 aromatic carbocycles. The molecule has 0 bridgehead atoms. The van der Waals surface area contributed by atoms with Gasteiger partial charge in [0.1, 0.15) is 6.04 Å². The number of carbonyl (C=O) groups is 2. The number of nitrogens with one attached hydrogen (secondary N) is 1. The van der Waals surface area contributed by atoms with E-state index in [2.05, 4.69) is 4.98 Å². The van der Waals surface area contributed by atoms with E-state index < -0.39 is 12.0 Å². The Hall–Kier alpha value is -3.08. The molecule has 5 heteroatoms. The Labute approximate surface area is 152 Å². The van der Waals surface area contributed by atoms with E-state index in [1.54, 1.807) is 7.05 Å². The normalized spacial score (nSPS) is 12.1. The minimum absolute atomic E-state index is 0.172. The lowest BCUT2D eigenvalue weighted by atomic mass is 10.0. The number of carboxylic acid groups (broad SMARTS) is 1. The first-order valence-electron chi connectivity index (χ1n) is 8.56. The quantitative estimate of drug-likeness (QED) is 0.717. The van der Waals surface area contributed by atoms with Crippen molar-refractivity contribution < 1.29 is 14.7 Å². The third-order valence-electron chi connectivity index (χ3n) is 4.77. The van der Waals surface area contributed by atoms with Crippen LogP contribution >= 0.6 is 0 Å². The fourth-order valence-corrected chi connectivity index (χ4v) is 3.24. The molecule has 1 aromatic heterocycles. The van der Waals surface area contributed by atoms with Gasteiger partial charge in [-0.05, 0) is 24.1 Å². The van der Waals surface area contributed by atoms with E-state index >= 15 is 0 Å². The zero-order chi connectivity index (χ0) is 18.7. The van der Waals surface area contributed by atoms with E-state index in [0.717, 1.165) is 27.7 Å². The summed E-state index contributed by atoms with van der Waals surface area (Å²) in [6.45, 7) is 1.93. The number of carboxylic acids is 1. The minimum Gasteiger partial charge on any atom is -0.480 e. The summed E-state index contributed by atoms with van der Waals surface area (Å²) in [7, 11) is 1.56. The molecule has 26 heavy (non-hydrogen) atoms. The smallest absolute Gasteiger partial charge is 0.326 e. The highest BCUT2D eigenvalue weighted by Crippen LogP contribution is 2.23. The number of aryl methyl sites for hydroxylation is 1. The van der Waals surface area contributed by atoms with Crippen molar-refractivity contribution in [2.24, 2.45) is 0 Å². The number of benzene rings is 2. The Balaban J connectivity index is 1.80. The predicted octanol–water partition coefficient (Wildman–Crippen LogP) is 3.17. The molecule has 3 aromatic rings. The second-order valence-electron chi connectivity index (χ2n) is 6.50. The second kappa shape index (κ2) is 7.44. The molecule has 0 saturated carbocycles. The number of likely N-dealkylation sites (N-methyl/N-ethyl adjacent to an activating group) is 1. The molecule has 134 valence electrons. The predicted molar refractivity (Wildman–Crippen MR) is 101 cm³/mol. The summed E-state index contributed by atoms with van der Waals surface area (Å²) in [6.07, 6.45) is 0.455. The Kier molecular flexibility index (Phi) is 5.07. The Morgan fingerprint density at radius 2 is 1.73 bits per heavy atom. The number of para-hydroxylation sites is 1. The number of fused-ring (bicyclic) bond motifs is 1. The molecule has 2 N–H and O–H groups in total. The molecular weight excluding hydrogens is 328 g/mol. The fourth-order valence-electron chi connectivity index (χ4n) is 3.24. The summed E-state index contributed by atoms with van der Waals surface area (Å²) in [4.78, 5) is 29.1. The summed E-state index contributed by atoms with van der Waals surface area (Å²) in [5, 5.41) is 10.6. The Morgan fingerprint density at radius 1 is 1.08 bits per heavy atom. The third kappa shape index (κ3) is 3.61. The van der Waals surface area contributed by atoms with E-state index in [9.17, 15) is 14.7 Å². The van der Waals surface area contributed by atoms with Gasteiger partial charge < -0.3 is 15.0 Å². The van der Waals surface area contributed by atoms with Crippen LogP contribution in [-0.2, 0) is 22.4 Å². The van der Waals surface area contributed by atoms with Crippen LogP contribution in [0.4, 0.5) is 0 Å². The first-order chi connectivity index (χ1) is 12.5. The Bertz CT molecular complexity index is 931. The number of carbonyl (C=O) groups excluding carboxylic acids is 1. The van der Waals surface area contributed by atoms with Gasteiger partial charge >= 0.3 is 5.97 Å². The van der Waals surface area contributed by atoms with Crippen LogP contribution in [0, 0.1) is 6.92 Å². The number of amides is 1. The van der Waals surface area contributed by atoms with E-state index in [1.165, 1.54) is 4.90 Å². The SMILES string of the molecule is Cc1[nH]c2ccccc2c1CC(=O)N(C)[C@@H](Cc1ccccc1)C(=O)O. The first-order valence-corrected chi connectivity index (χ1v) is 8.56. The zero-order valence-corrected chi connectivity index (χ0v) is 14.9. The average molecular weight is 350 g/mol.